The fourth-order valence-electron chi connectivity index (χ4n) is 7.70. The van der Waals surface area contributed by atoms with Crippen molar-refractivity contribution < 1.29 is 63.5 Å². The molecule has 3 aliphatic carbocycles. The highest BCUT2D eigenvalue weighted by Gasteiger charge is 2.94. The molecule has 4 aliphatic heterocycles. The Bertz CT molecular complexity index is 1420. The number of benzene rings is 2. The molecule has 6 bridgehead atoms. The van der Waals surface area contributed by atoms with E-state index in [4.69, 9.17) is 28.4 Å². The van der Waals surface area contributed by atoms with Crippen molar-refractivity contribution in [3.05, 3.63) is 65.7 Å². The summed E-state index contributed by atoms with van der Waals surface area (Å²) >= 11 is 0. The lowest BCUT2D eigenvalue weighted by atomic mass is 9.41. The highest BCUT2D eigenvalue weighted by Crippen LogP contribution is 2.81. The summed E-state index contributed by atoms with van der Waals surface area (Å²) in [5, 5.41) is 53.2. The number of phenols is 1. The number of carbonyl (C=O) groups is 2. The summed E-state index contributed by atoms with van der Waals surface area (Å²) < 4.78 is 35.6. The van der Waals surface area contributed by atoms with Crippen LogP contribution in [-0.2, 0) is 28.4 Å². The monoisotopic (exact) mass is 600 g/mol. The molecule has 0 amide bonds. The summed E-state index contributed by atoms with van der Waals surface area (Å²) in [6.45, 7) is 1.01. The van der Waals surface area contributed by atoms with Gasteiger partial charge in [0.25, 0.3) is 0 Å². The zero-order chi connectivity index (χ0) is 30.4. The molecule has 13 nitrogen and oxygen atoms in total. The normalized spacial score (nSPS) is 43.7. The van der Waals surface area contributed by atoms with Crippen molar-refractivity contribution in [1.82, 2.24) is 0 Å². The van der Waals surface area contributed by atoms with Crippen molar-refractivity contribution >= 4 is 11.9 Å². The van der Waals surface area contributed by atoms with Crippen LogP contribution in [0.25, 0.3) is 0 Å². The quantitative estimate of drug-likeness (QED) is 0.259. The van der Waals surface area contributed by atoms with E-state index in [1.807, 2.05) is 0 Å². The van der Waals surface area contributed by atoms with Crippen molar-refractivity contribution in [1.29, 1.82) is 0 Å². The minimum absolute atomic E-state index is 0.0149. The number of phenolic OH excluding ortho intramolecular Hbond substituents is 1. The Balaban J connectivity index is 1.12. The van der Waals surface area contributed by atoms with E-state index in [0.717, 1.165) is 0 Å². The Hall–Kier alpha value is -3.14. The summed E-state index contributed by atoms with van der Waals surface area (Å²) in [6, 6.07) is 13.7. The average Bonchev–Trinajstić information content (AvgIpc) is 3.18. The van der Waals surface area contributed by atoms with E-state index in [9.17, 15) is 35.1 Å². The van der Waals surface area contributed by atoms with E-state index < -0.39 is 83.9 Å². The number of aliphatic hydroxyl groups excluding tert-OH is 3. The Labute approximate surface area is 245 Å². The molecule has 9 rings (SSSR count). The maximum Gasteiger partial charge on any atom is 0.338 e. The predicted molar refractivity (Wildman–Crippen MR) is 140 cm³/mol. The Kier molecular flexibility index (Phi) is 6.44. The number of carbonyl (C=O) groups excluding carboxylic acids is 2. The van der Waals surface area contributed by atoms with Gasteiger partial charge in [0, 0.05) is 12.3 Å². The summed E-state index contributed by atoms with van der Waals surface area (Å²) in [6.07, 6.45) is -8.57. The number of hydrogen-bond donors (Lipinski definition) is 5. The van der Waals surface area contributed by atoms with Gasteiger partial charge in [-0.2, -0.15) is 0 Å². The smallest absolute Gasteiger partial charge is 0.338 e. The van der Waals surface area contributed by atoms with Gasteiger partial charge in [-0.25, -0.2) is 9.59 Å². The van der Waals surface area contributed by atoms with Gasteiger partial charge in [-0.1, -0.05) is 18.2 Å². The standard InChI is InChI=1S/C30H32O13/c1-27-13-29(37)19-11-30(27,28(19,26(42-27)43-29)14-39-24(36)16-7-9-17(31)10-8-16)41-25-22(34)21(33)20(32)18(40-25)12-38-23(35)15-5-3-2-4-6-15/h2-10,18-22,25-26,31-34,37H,11-14H2,1H3/t18-,19+,20-,21+,22-,25+,26+,27+,28?,29-,30-/m1/s1. The van der Waals surface area contributed by atoms with Crippen LogP contribution in [0.2, 0.25) is 0 Å². The number of hydrogen-bond acceptors (Lipinski definition) is 13. The molecular formula is C30H32O13. The molecule has 4 saturated heterocycles. The van der Waals surface area contributed by atoms with E-state index in [0.29, 0.717) is 0 Å². The van der Waals surface area contributed by atoms with Gasteiger partial charge in [0.05, 0.1) is 16.5 Å². The molecule has 4 heterocycles. The van der Waals surface area contributed by atoms with Crippen LogP contribution in [0.3, 0.4) is 0 Å². The largest absolute Gasteiger partial charge is 0.508 e. The minimum Gasteiger partial charge on any atom is -0.508 e. The van der Waals surface area contributed by atoms with Crippen molar-refractivity contribution in [3.63, 3.8) is 0 Å². The van der Waals surface area contributed by atoms with E-state index in [1.165, 1.54) is 24.3 Å². The van der Waals surface area contributed by atoms with Gasteiger partial charge >= 0.3 is 11.9 Å². The first-order valence-electron chi connectivity index (χ1n) is 14.1. The molecule has 0 spiro atoms. The van der Waals surface area contributed by atoms with Gasteiger partial charge in [0.1, 0.15) is 54.6 Å². The Morgan fingerprint density at radius 3 is 2.30 bits per heavy atom. The van der Waals surface area contributed by atoms with Crippen LogP contribution in [0.4, 0.5) is 0 Å². The summed E-state index contributed by atoms with van der Waals surface area (Å²) in [4.78, 5) is 25.4. The lowest BCUT2D eigenvalue weighted by Crippen LogP contribution is -2.80. The lowest BCUT2D eigenvalue weighted by molar-refractivity contribution is -0.424. The van der Waals surface area contributed by atoms with Crippen LogP contribution in [0, 0.1) is 11.3 Å². The first-order chi connectivity index (χ1) is 20.4. The van der Waals surface area contributed by atoms with E-state index in [-0.39, 0.29) is 36.3 Å². The SMILES string of the molecule is C[C@@]12C[C@@]3(O)O[C@H](O1)C1(COC(=O)c4ccc(O)cc4)[C@@H]3C[C@]12O[C@@H]1O[C@H](COC(=O)c2ccccc2)[C@@H](O)[C@H](O)[C@H]1O. The summed E-state index contributed by atoms with van der Waals surface area (Å²) in [5.41, 5.74) is -3.18. The summed E-state index contributed by atoms with van der Waals surface area (Å²) in [7, 11) is 0. The topological polar surface area (TPSA) is 191 Å². The second-order valence-electron chi connectivity index (χ2n) is 12.2. The molecule has 2 aromatic carbocycles. The van der Waals surface area contributed by atoms with Crippen molar-refractivity contribution in [2.24, 2.45) is 11.3 Å². The van der Waals surface area contributed by atoms with Crippen LogP contribution >= 0.6 is 0 Å². The Morgan fingerprint density at radius 2 is 1.58 bits per heavy atom. The van der Waals surface area contributed by atoms with Gasteiger partial charge in [-0.05, 0) is 49.7 Å². The Morgan fingerprint density at radius 1 is 0.907 bits per heavy atom. The maximum absolute atomic E-state index is 12.9. The molecule has 43 heavy (non-hydrogen) atoms. The fraction of sp³-hybridized carbons (Fsp3) is 0.533. The zero-order valence-electron chi connectivity index (χ0n) is 23.1. The predicted octanol–water partition coefficient (Wildman–Crippen LogP) is 0.213. The molecular weight excluding hydrogens is 568 g/mol. The summed E-state index contributed by atoms with van der Waals surface area (Å²) in [5.74, 6) is -3.46. The molecule has 2 aromatic rings. The second kappa shape index (κ2) is 9.68. The molecule has 0 radical (unpaired) electrons. The highest BCUT2D eigenvalue weighted by molar-refractivity contribution is 5.90. The van der Waals surface area contributed by atoms with Gasteiger partial charge in [-0.3, -0.25) is 0 Å². The van der Waals surface area contributed by atoms with Crippen molar-refractivity contribution in [2.45, 2.75) is 73.8 Å². The highest BCUT2D eigenvalue weighted by atomic mass is 16.8. The zero-order valence-corrected chi connectivity index (χ0v) is 23.1. The number of rotatable bonds is 8. The van der Waals surface area contributed by atoms with Crippen LogP contribution in [0.5, 0.6) is 5.75 Å². The lowest BCUT2D eigenvalue weighted by Gasteiger charge is -2.67. The van der Waals surface area contributed by atoms with E-state index in [2.05, 4.69) is 0 Å². The molecule has 7 aliphatic rings. The van der Waals surface area contributed by atoms with Crippen LogP contribution < -0.4 is 0 Å². The molecule has 1 unspecified atom stereocenters. The van der Waals surface area contributed by atoms with Gasteiger partial charge in [-0.15, -0.1) is 0 Å². The number of esters is 2. The molecule has 230 valence electrons. The number of aromatic hydroxyl groups is 1. The maximum atomic E-state index is 12.9. The average molecular weight is 601 g/mol. The van der Waals surface area contributed by atoms with E-state index in [1.54, 1.807) is 37.3 Å². The number of aliphatic hydroxyl groups is 4. The molecule has 5 N–H and O–H groups in total. The number of ether oxygens (including phenoxy) is 6. The van der Waals surface area contributed by atoms with Gasteiger partial charge in [0.15, 0.2) is 18.4 Å². The molecule has 0 aromatic heterocycles. The van der Waals surface area contributed by atoms with Crippen LogP contribution in [-0.4, -0.2) is 105 Å². The van der Waals surface area contributed by atoms with Crippen LogP contribution in [0.15, 0.2) is 54.6 Å². The van der Waals surface area contributed by atoms with Crippen molar-refractivity contribution in [2.75, 3.05) is 13.2 Å². The third-order valence-corrected chi connectivity index (χ3v) is 9.87. The molecule has 11 atom stereocenters. The van der Waals surface area contributed by atoms with Crippen molar-refractivity contribution in [3.8, 4) is 5.75 Å². The first kappa shape index (κ1) is 28.6. The second-order valence-corrected chi connectivity index (χ2v) is 12.2. The minimum atomic E-state index is -1.71. The first-order valence-corrected chi connectivity index (χ1v) is 14.1. The molecule has 7 fully saturated rings. The molecule has 3 saturated carbocycles. The van der Waals surface area contributed by atoms with Crippen LogP contribution in [0.1, 0.15) is 40.5 Å². The molecule has 13 heteroatoms. The van der Waals surface area contributed by atoms with Gasteiger partial charge in [0.2, 0.25) is 0 Å². The van der Waals surface area contributed by atoms with E-state index >= 15 is 0 Å². The van der Waals surface area contributed by atoms with Gasteiger partial charge < -0.3 is 54.0 Å². The fourth-order valence-corrected chi connectivity index (χ4v) is 7.70. The third-order valence-electron chi connectivity index (χ3n) is 9.87. The third kappa shape index (κ3) is 3.93.